The van der Waals surface area contributed by atoms with Crippen LogP contribution in [0.5, 0.6) is 0 Å². The summed E-state index contributed by atoms with van der Waals surface area (Å²) in [6.45, 7) is 0.614. The molecule has 1 aromatic carbocycles. The molecule has 0 saturated heterocycles. The Morgan fingerprint density at radius 3 is 3.00 bits per heavy atom. The summed E-state index contributed by atoms with van der Waals surface area (Å²) in [5.41, 5.74) is 0. The number of aromatic nitrogens is 2. The number of rotatable bonds is 4. The van der Waals surface area contributed by atoms with Crippen molar-refractivity contribution < 1.29 is 8.60 Å². The molecule has 1 aromatic heterocycles. The lowest BCUT2D eigenvalue weighted by Gasteiger charge is -2.03. The number of hydrogen-bond donors (Lipinski definition) is 0. The standard InChI is InChI=1S/C11H11FN2OS/c12-10-2-1-3-11(8-10)16(15)7-6-14-5-4-13-9-14/h1-5,8-9H,6-7H2. The third-order valence-corrected chi connectivity index (χ3v) is 3.49. The number of benzene rings is 1. The fourth-order valence-corrected chi connectivity index (χ4v) is 2.42. The highest BCUT2D eigenvalue weighted by Gasteiger charge is 2.04. The maximum absolute atomic E-state index is 12.9. The Morgan fingerprint density at radius 2 is 2.31 bits per heavy atom. The van der Waals surface area contributed by atoms with Crippen LogP contribution in [0.2, 0.25) is 0 Å². The van der Waals surface area contributed by atoms with Crippen molar-refractivity contribution in [1.82, 2.24) is 9.55 Å². The van der Waals surface area contributed by atoms with E-state index in [2.05, 4.69) is 4.98 Å². The van der Waals surface area contributed by atoms with Gasteiger partial charge in [-0.2, -0.15) is 0 Å². The summed E-state index contributed by atoms with van der Waals surface area (Å²) in [4.78, 5) is 4.42. The molecule has 1 heterocycles. The van der Waals surface area contributed by atoms with Crippen molar-refractivity contribution in [2.24, 2.45) is 0 Å². The quantitative estimate of drug-likeness (QED) is 0.814. The Morgan fingerprint density at radius 1 is 1.44 bits per heavy atom. The van der Waals surface area contributed by atoms with Gasteiger partial charge in [-0.15, -0.1) is 0 Å². The van der Waals surface area contributed by atoms with Crippen LogP contribution in [0.15, 0.2) is 47.9 Å². The van der Waals surface area contributed by atoms with Gasteiger partial charge in [-0.1, -0.05) is 6.07 Å². The molecule has 0 aliphatic rings. The number of aryl methyl sites for hydroxylation is 1. The van der Waals surface area contributed by atoms with Gasteiger partial charge in [0, 0.05) is 29.6 Å². The van der Waals surface area contributed by atoms with E-state index in [-0.39, 0.29) is 5.82 Å². The summed E-state index contributed by atoms with van der Waals surface area (Å²) in [7, 11) is -1.17. The SMILES string of the molecule is O=S(CCn1ccnc1)c1cccc(F)c1. The summed E-state index contributed by atoms with van der Waals surface area (Å²) in [6, 6.07) is 5.90. The molecule has 0 aliphatic heterocycles. The predicted octanol–water partition coefficient (Wildman–Crippen LogP) is 1.83. The molecule has 1 atom stereocenters. The molecule has 16 heavy (non-hydrogen) atoms. The molecule has 84 valence electrons. The molecule has 0 aliphatic carbocycles. The fraction of sp³-hybridized carbons (Fsp3) is 0.182. The van der Waals surface area contributed by atoms with Gasteiger partial charge in [0.15, 0.2) is 0 Å². The van der Waals surface area contributed by atoms with Crippen LogP contribution in [-0.2, 0) is 17.3 Å². The van der Waals surface area contributed by atoms with Gasteiger partial charge in [0.05, 0.1) is 17.1 Å². The Labute approximate surface area is 95.4 Å². The first-order chi connectivity index (χ1) is 7.75. The molecule has 0 fully saturated rings. The van der Waals surface area contributed by atoms with Gasteiger partial charge < -0.3 is 4.57 Å². The van der Waals surface area contributed by atoms with Gasteiger partial charge in [-0.3, -0.25) is 4.21 Å². The van der Waals surface area contributed by atoms with E-state index in [0.717, 1.165) is 0 Å². The molecule has 0 saturated carbocycles. The predicted molar refractivity (Wildman–Crippen MR) is 59.9 cm³/mol. The highest BCUT2D eigenvalue weighted by atomic mass is 32.2. The van der Waals surface area contributed by atoms with Gasteiger partial charge in [0.1, 0.15) is 5.82 Å². The Kier molecular flexibility index (Phi) is 3.46. The third-order valence-electron chi connectivity index (χ3n) is 2.15. The minimum absolute atomic E-state index is 0.353. The molecule has 0 radical (unpaired) electrons. The fourth-order valence-electron chi connectivity index (χ4n) is 1.33. The molecule has 0 N–H and O–H groups in total. The smallest absolute Gasteiger partial charge is 0.124 e. The van der Waals surface area contributed by atoms with Crippen LogP contribution < -0.4 is 0 Å². The largest absolute Gasteiger partial charge is 0.337 e. The molecule has 0 amide bonds. The third kappa shape index (κ3) is 2.76. The lowest BCUT2D eigenvalue weighted by molar-refractivity contribution is 0.622. The Balaban J connectivity index is 1.98. The summed E-state index contributed by atoms with van der Waals surface area (Å²) in [5.74, 6) is 0.105. The zero-order valence-corrected chi connectivity index (χ0v) is 9.36. The maximum atomic E-state index is 12.9. The second-order valence-electron chi connectivity index (χ2n) is 3.31. The van der Waals surface area contributed by atoms with Crippen LogP contribution in [0.1, 0.15) is 0 Å². The Bertz CT molecular complexity index is 484. The molecule has 2 aromatic rings. The molecule has 2 rings (SSSR count). The van der Waals surface area contributed by atoms with E-state index in [4.69, 9.17) is 0 Å². The van der Waals surface area contributed by atoms with Crippen LogP contribution in [0.3, 0.4) is 0 Å². The van der Waals surface area contributed by atoms with Crippen molar-refractivity contribution in [2.75, 3.05) is 5.75 Å². The summed E-state index contributed by atoms with van der Waals surface area (Å²) >= 11 is 0. The minimum atomic E-state index is -1.17. The van der Waals surface area contributed by atoms with Crippen molar-refractivity contribution in [1.29, 1.82) is 0 Å². The topological polar surface area (TPSA) is 34.9 Å². The van der Waals surface area contributed by atoms with E-state index in [1.165, 1.54) is 12.1 Å². The first kappa shape index (κ1) is 11.0. The van der Waals surface area contributed by atoms with Crippen molar-refractivity contribution >= 4 is 10.8 Å². The second kappa shape index (κ2) is 5.03. The minimum Gasteiger partial charge on any atom is -0.337 e. The first-order valence-electron chi connectivity index (χ1n) is 4.85. The van der Waals surface area contributed by atoms with Gasteiger partial charge >= 0.3 is 0 Å². The second-order valence-corrected chi connectivity index (χ2v) is 4.88. The maximum Gasteiger partial charge on any atom is 0.124 e. The van der Waals surface area contributed by atoms with Crippen LogP contribution in [0.25, 0.3) is 0 Å². The molecule has 1 unspecified atom stereocenters. The lowest BCUT2D eigenvalue weighted by Crippen LogP contribution is -2.06. The van der Waals surface area contributed by atoms with Crippen LogP contribution in [0, 0.1) is 5.82 Å². The van der Waals surface area contributed by atoms with Gasteiger partial charge in [0.25, 0.3) is 0 Å². The van der Waals surface area contributed by atoms with E-state index in [1.807, 2.05) is 10.8 Å². The van der Waals surface area contributed by atoms with Crippen LogP contribution >= 0.6 is 0 Å². The van der Waals surface area contributed by atoms with Gasteiger partial charge in [0.2, 0.25) is 0 Å². The average molecular weight is 238 g/mol. The van der Waals surface area contributed by atoms with Crippen LogP contribution in [0.4, 0.5) is 4.39 Å². The van der Waals surface area contributed by atoms with E-state index in [9.17, 15) is 8.60 Å². The average Bonchev–Trinajstić information content (AvgIpc) is 2.78. The molecular weight excluding hydrogens is 227 g/mol. The molecule has 3 nitrogen and oxygen atoms in total. The van der Waals surface area contributed by atoms with Gasteiger partial charge in [-0.05, 0) is 18.2 Å². The van der Waals surface area contributed by atoms with E-state index in [1.54, 1.807) is 24.7 Å². The van der Waals surface area contributed by atoms with E-state index < -0.39 is 10.8 Å². The van der Waals surface area contributed by atoms with Crippen molar-refractivity contribution in [2.45, 2.75) is 11.4 Å². The number of imidazole rings is 1. The zero-order chi connectivity index (χ0) is 11.4. The summed E-state index contributed by atoms with van der Waals surface area (Å²) in [5, 5.41) is 0. The highest BCUT2D eigenvalue weighted by Crippen LogP contribution is 2.09. The number of halogens is 1. The Hall–Kier alpha value is -1.49. The van der Waals surface area contributed by atoms with E-state index >= 15 is 0 Å². The lowest BCUT2D eigenvalue weighted by atomic mass is 10.4. The van der Waals surface area contributed by atoms with Crippen molar-refractivity contribution in [3.63, 3.8) is 0 Å². The van der Waals surface area contributed by atoms with Crippen LogP contribution in [-0.4, -0.2) is 19.5 Å². The normalized spacial score (nSPS) is 12.6. The van der Waals surface area contributed by atoms with Gasteiger partial charge in [-0.25, -0.2) is 9.37 Å². The van der Waals surface area contributed by atoms with Crippen molar-refractivity contribution in [3.8, 4) is 0 Å². The molecule has 5 heteroatoms. The monoisotopic (exact) mass is 238 g/mol. The zero-order valence-electron chi connectivity index (χ0n) is 8.54. The summed E-state index contributed by atoms with van der Waals surface area (Å²) in [6.07, 6.45) is 5.15. The molecule has 0 spiro atoms. The molecule has 0 bridgehead atoms. The van der Waals surface area contributed by atoms with Crippen molar-refractivity contribution in [3.05, 3.63) is 48.8 Å². The summed E-state index contributed by atoms with van der Waals surface area (Å²) < 4.78 is 26.5. The van der Waals surface area contributed by atoms with E-state index in [0.29, 0.717) is 17.2 Å². The number of hydrogen-bond acceptors (Lipinski definition) is 2. The highest BCUT2D eigenvalue weighted by molar-refractivity contribution is 7.85. The number of nitrogens with zero attached hydrogens (tertiary/aromatic N) is 2. The molecular formula is C11H11FN2OS. The first-order valence-corrected chi connectivity index (χ1v) is 6.17.